The van der Waals surface area contributed by atoms with Crippen LogP contribution in [0.4, 0.5) is 9.59 Å². The van der Waals surface area contributed by atoms with Crippen LogP contribution in [0.5, 0.6) is 0 Å². The predicted octanol–water partition coefficient (Wildman–Crippen LogP) is 3.59. The van der Waals surface area contributed by atoms with Crippen molar-refractivity contribution in [2.45, 2.75) is 69.9 Å². The molecule has 0 aliphatic carbocycles. The van der Waals surface area contributed by atoms with Gasteiger partial charge in [-0.15, -0.1) is 0 Å². The lowest BCUT2D eigenvalue weighted by Gasteiger charge is -2.44. The van der Waals surface area contributed by atoms with Crippen molar-refractivity contribution in [1.29, 1.82) is 0 Å². The van der Waals surface area contributed by atoms with Gasteiger partial charge in [0, 0.05) is 19.5 Å². The average Bonchev–Trinajstić information content (AvgIpc) is 3.29. The molecule has 10 heteroatoms. The molecule has 2 heterocycles. The van der Waals surface area contributed by atoms with Gasteiger partial charge in [-0.1, -0.05) is 67.6 Å². The van der Waals surface area contributed by atoms with E-state index in [-0.39, 0.29) is 26.2 Å². The molecule has 2 saturated heterocycles. The molecular formula is C28H33NO9. The van der Waals surface area contributed by atoms with Crippen molar-refractivity contribution in [2.75, 3.05) is 13.1 Å². The Bertz CT molecular complexity index is 1060. The molecule has 0 aromatic heterocycles. The molecule has 0 bridgehead atoms. The Kier molecular flexibility index (Phi) is 9.56. The van der Waals surface area contributed by atoms with E-state index in [4.69, 9.17) is 23.7 Å². The first-order valence-electron chi connectivity index (χ1n) is 12.8. The second-order valence-electron chi connectivity index (χ2n) is 9.33. The zero-order valence-corrected chi connectivity index (χ0v) is 21.3. The Morgan fingerprint density at radius 3 is 2.00 bits per heavy atom. The maximum absolute atomic E-state index is 12.7. The minimum absolute atomic E-state index is 0.00297. The summed E-state index contributed by atoms with van der Waals surface area (Å²) in [7, 11) is 0. The molecule has 1 N–H and O–H groups in total. The number of aliphatic hydroxyl groups is 1. The molecule has 2 aliphatic rings. The van der Waals surface area contributed by atoms with Crippen LogP contribution >= 0.6 is 0 Å². The molecule has 2 aromatic rings. The lowest BCUT2D eigenvalue weighted by molar-refractivity contribution is -0.189. The average molecular weight is 528 g/mol. The molecule has 2 fully saturated rings. The molecule has 0 amide bonds. The molecule has 0 unspecified atom stereocenters. The van der Waals surface area contributed by atoms with Crippen LogP contribution in [0.3, 0.4) is 0 Å². The van der Waals surface area contributed by atoms with E-state index < -0.39 is 48.7 Å². The summed E-state index contributed by atoms with van der Waals surface area (Å²) in [5.74, 6) is -0.505. The molecule has 4 rings (SSSR count). The van der Waals surface area contributed by atoms with E-state index in [9.17, 15) is 19.5 Å². The Hall–Kier alpha value is -3.63. The summed E-state index contributed by atoms with van der Waals surface area (Å²) >= 11 is 0. The highest BCUT2D eigenvalue weighted by Crippen LogP contribution is 2.33. The SMILES string of the molecule is CCCC(=O)O[C@H]1[C@H](OC(=O)OCc2ccccc2)[C@@H](OC(=O)OCc2ccccc2)CN2CC[C@H](O)[C@H]12. The second-order valence-corrected chi connectivity index (χ2v) is 9.33. The number of ether oxygens (including phenoxy) is 5. The lowest BCUT2D eigenvalue weighted by Crippen LogP contribution is -2.64. The van der Waals surface area contributed by atoms with Crippen molar-refractivity contribution in [3.05, 3.63) is 71.8 Å². The first-order chi connectivity index (χ1) is 18.4. The minimum atomic E-state index is -1.21. The molecule has 5 atom stereocenters. The number of aliphatic hydroxyl groups excluding tert-OH is 1. The largest absolute Gasteiger partial charge is 0.509 e. The van der Waals surface area contributed by atoms with Crippen molar-refractivity contribution < 1.29 is 43.2 Å². The van der Waals surface area contributed by atoms with Crippen LogP contribution in [0.25, 0.3) is 0 Å². The first kappa shape index (κ1) is 27.4. The third kappa shape index (κ3) is 7.23. The van der Waals surface area contributed by atoms with Gasteiger partial charge in [-0.2, -0.15) is 0 Å². The van der Waals surface area contributed by atoms with Gasteiger partial charge < -0.3 is 28.8 Å². The van der Waals surface area contributed by atoms with E-state index in [0.717, 1.165) is 11.1 Å². The summed E-state index contributed by atoms with van der Waals surface area (Å²) < 4.78 is 27.5. The monoisotopic (exact) mass is 527 g/mol. The van der Waals surface area contributed by atoms with Crippen molar-refractivity contribution in [2.24, 2.45) is 0 Å². The number of esters is 1. The fraction of sp³-hybridized carbons (Fsp3) is 0.464. The topological polar surface area (TPSA) is 121 Å². The van der Waals surface area contributed by atoms with Gasteiger partial charge in [0.25, 0.3) is 0 Å². The highest BCUT2D eigenvalue weighted by atomic mass is 16.8. The van der Waals surface area contributed by atoms with Gasteiger partial charge >= 0.3 is 18.3 Å². The van der Waals surface area contributed by atoms with Crippen LogP contribution in [0.2, 0.25) is 0 Å². The van der Waals surface area contributed by atoms with Gasteiger partial charge in [-0.25, -0.2) is 9.59 Å². The van der Waals surface area contributed by atoms with Crippen LogP contribution in [-0.4, -0.2) is 71.8 Å². The van der Waals surface area contributed by atoms with Gasteiger partial charge in [0.2, 0.25) is 0 Å². The number of rotatable bonds is 9. The Labute approximate surface area is 221 Å². The third-order valence-electron chi connectivity index (χ3n) is 6.57. The Morgan fingerprint density at radius 1 is 0.842 bits per heavy atom. The van der Waals surface area contributed by atoms with Crippen LogP contribution in [0, 0.1) is 0 Å². The third-order valence-corrected chi connectivity index (χ3v) is 6.57. The highest BCUT2D eigenvalue weighted by Gasteiger charge is 2.54. The summed E-state index contributed by atoms with van der Waals surface area (Å²) in [6.07, 6.45) is -4.95. The summed E-state index contributed by atoms with van der Waals surface area (Å²) in [6.45, 7) is 2.45. The predicted molar refractivity (Wildman–Crippen MR) is 134 cm³/mol. The Morgan fingerprint density at radius 2 is 1.42 bits per heavy atom. The molecule has 0 spiro atoms. The normalized spacial score (nSPS) is 24.6. The maximum atomic E-state index is 12.7. The number of carbonyl (C=O) groups excluding carboxylic acids is 3. The van der Waals surface area contributed by atoms with Crippen molar-refractivity contribution in [3.8, 4) is 0 Å². The molecule has 38 heavy (non-hydrogen) atoms. The van der Waals surface area contributed by atoms with Gasteiger partial charge in [0.1, 0.15) is 13.2 Å². The van der Waals surface area contributed by atoms with E-state index in [0.29, 0.717) is 19.4 Å². The summed E-state index contributed by atoms with van der Waals surface area (Å²) in [5.41, 5.74) is 1.54. The van der Waals surface area contributed by atoms with Crippen molar-refractivity contribution in [1.82, 2.24) is 4.90 Å². The number of piperidine rings is 1. The zero-order chi connectivity index (χ0) is 26.9. The van der Waals surface area contributed by atoms with Crippen LogP contribution < -0.4 is 0 Å². The maximum Gasteiger partial charge on any atom is 0.509 e. The van der Waals surface area contributed by atoms with E-state index in [1.54, 1.807) is 12.1 Å². The van der Waals surface area contributed by atoms with Crippen LogP contribution in [-0.2, 0) is 41.7 Å². The van der Waals surface area contributed by atoms with E-state index in [2.05, 4.69) is 0 Å². The molecule has 10 nitrogen and oxygen atoms in total. The number of carbonyl (C=O) groups is 3. The van der Waals surface area contributed by atoms with Crippen molar-refractivity contribution >= 4 is 18.3 Å². The van der Waals surface area contributed by atoms with Gasteiger partial charge in [-0.3, -0.25) is 9.69 Å². The van der Waals surface area contributed by atoms with E-state index >= 15 is 0 Å². The van der Waals surface area contributed by atoms with Crippen molar-refractivity contribution in [3.63, 3.8) is 0 Å². The van der Waals surface area contributed by atoms with Crippen LogP contribution in [0.15, 0.2) is 60.7 Å². The number of fused-ring (bicyclic) bond motifs is 1. The zero-order valence-electron chi connectivity index (χ0n) is 21.3. The fourth-order valence-corrected chi connectivity index (χ4v) is 4.78. The number of benzene rings is 2. The smallest absolute Gasteiger partial charge is 0.456 e. The second kappa shape index (κ2) is 13.3. The summed E-state index contributed by atoms with van der Waals surface area (Å²) in [4.78, 5) is 39.7. The minimum Gasteiger partial charge on any atom is -0.456 e. The molecule has 2 aliphatic heterocycles. The summed E-state index contributed by atoms with van der Waals surface area (Å²) in [5, 5.41) is 10.7. The molecule has 0 radical (unpaired) electrons. The summed E-state index contributed by atoms with van der Waals surface area (Å²) in [6, 6.07) is 17.6. The van der Waals surface area contributed by atoms with Gasteiger partial charge in [0.05, 0.1) is 12.1 Å². The Balaban J connectivity index is 1.49. The molecule has 2 aromatic carbocycles. The number of hydrogen-bond acceptors (Lipinski definition) is 10. The standard InChI is InChI=1S/C28H33NO9/c1-2-9-23(31)37-26-24-21(30)14-15-29(24)16-22(36-27(32)34-17-19-10-5-3-6-11-19)25(26)38-28(33)35-18-20-12-7-4-8-13-20/h3-8,10-13,21-22,24-26,30H,2,9,14-18H2,1H3/t21-,22-,24+,25+,26+/m0/s1. The quantitative estimate of drug-likeness (QED) is 0.383. The first-order valence-corrected chi connectivity index (χ1v) is 12.8. The number of hydrogen-bond donors (Lipinski definition) is 1. The lowest BCUT2D eigenvalue weighted by atomic mass is 9.92. The van der Waals surface area contributed by atoms with E-state index in [1.165, 1.54) is 0 Å². The van der Waals surface area contributed by atoms with E-state index in [1.807, 2.05) is 60.4 Å². The molecule has 0 saturated carbocycles. The van der Waals surface area contributed by atoms with Gasteiger partial charge in [-0.05, 0) is 24.0 Å². The molecule has 204 valence electrons. The van der Waals surface area contributed by atoms with Gasteiger partial charge in [0.15, 0.2) is 18.3 Å². The highest BCUT2D eigenvalue weighted by molar-refractivity contribution is 5.69. The van der Waals surface area contributed by atoms with Crippen LogP contribution in [0.1, 0.15) is 37.3 Å². The molecular weight excluding hydrogens is 494 g/mol. The number of nitrogens with zero attached hydrogens (tertiary/aromatic N) is 1. The fourth-order valence-electron chi connectivity index (χ4n) is 4.78.